The second-order valence-electron chi connectivity index (χ2n) is 9.06. The van der Waals surface area contributed by atoms with Crippen LogP contribution in [0, 0.1) is 6.92 Å². The summed E-state index contributed by atoms with van der Waals surface area (Å²) in [4.78, 5) is 21.5. The number of aromatic nitrogens is 3. The van der Waals surface area contributed by atoms with E-state index in [2.05, 4.69) is 9.97 Å². The van der Waals surface area contributed by atoms with Gasteiger partial charge in [0.2, 0.25) is 21.6 Å². The standard InChI is InChI=1S/C29H31N3O5S/c1-5-6-12-25-31-28(33)27(29(34)32(25)20(3)21-10-8-7-9-11-21)38(35,36)23-15-13-22(14-16-23)24-17-18-26(37-4)30-19(24)2/h7-11,13-18,20,33H,5-6,12H2,1-4H3/t20-/m0/s1. The van der Waals surface area contributed by atoms with Gasteiger partial charge in [-0.15, -0.1) is 0 Å². The number of aromatic hydroxyl groups is 1. The Morgan fingerprint density at radius 3 is 2.29 bits per heavy atom. The molecule has 2 heterocycles. The van der Waals surface area contributed by atoms with E-state index in [0.29, 0.717) is 18.1 Å². The number of aryl methyl sites for hydroxylation is 2. The molecule has 0 amide bonds. The number of benzene rings is 2. The van der Waals surface area contributed by atoms with Crippen molar-refractivity contribution in [1.29, 1.82) is 0 Å². The Kier molecular flexibility index (Phi) is 7.97. The van der Waals surface area contributed by atoms with Gasteiger partial charge in [-0.2, -0.15) is 4.98 Å². The van der Waals surface area contributed by atoms with E-state index >= 15 is 0 Å². The lowest BCUT2D eigenvalue weighted by Gasteiger charge is -2.21. The third kappa shape index (κ3) is 5.19. The number of rotatable bonds is 9. The van der Waals surface area contributed by atoms with Crippen molar-refractivity contribution in [2.24, 2.45) is 0 Å². The number of pyridine rings is 1. The summed E-state index contributed by atoms with van der Waals surface area (Å²) in [5.41, 5.74) is 2.33. The zero-order valence-corrected chi connectivity index (χ0v) is 22.7. The molecule has 4 aromatic rings. The van der Waals surface area contributed by atoms with Crippen LogP contribution in [0.2, 0.25) is 0 Å². The monoisotopic (exact) mass is 533 g/mol. The average Bonchev–Trinajstić information content (AvgIpc) is 2.91. The summed E-state index contributed by atoms with van der Waals surface area (Å²) < 4.78 is 33.9. The van der Waals surface area contributed by atoms with Crippen LogP contribution in [0.5, 0.6) is 11.8 Å². The van der Waals surface area contributed by atoms with Crippen molar-refractivity contribution in [2.75, 3.05) is 7.11 Å². The van der Waals surface area contributed by atoms with E-state index in [1.807, 2.05) is 57.2 Å². The molecule has 9 heteroatoms. The SMILES string of the molecule is CCCCc1nc(O)c(S(=O)(=O)c2ccc(-c3ccc(OC)nc3C)cc2)c(=O)n1[C@@H](C)c1ccccc1. The average molecular weight is 534 g/mol. The lowest BCUT2D eigenvalue weighted by atomic mass is 10.0. The Hall–Kier alpha value is -3.98. The Morgan fingerprint density at radius 1 is 1.00 bits per heavy atom. The maximum absolute atomic E-state index is 13.8. The summed E-state index contributed by atoms with van der Waals surface area (Å²) >= 11 is 0. The maximum Gasteiger partial charge on any atom is 0.277 e. The van der Waals surface area contributed by atoms with Gasteiger partial charge in [0.15, 0.2) is 4.90 Å². The molecule has 0 radical (unpaired) electrons. The smallest absolute Gasteiger partial charge is 0.277 e. The first-order valence-corrected chi connectivity index (χ1v) is 13.9. The van der Waals surface area contributed by atoms with Crippen molar-refractivity contribution in [1.82, 2.24) is 14.5 Å². The van der Waals surface area contributed by atoms with Crippen LogP contribution in [-0.2, 0) is 16.3 Å². The molecule has 1 atom stereocenters. The first-order valence-electron chi connectivity index (χ1n) is 12.5. The van der Waals surface area contributed by atoms with Gasteiger partial charge in [-0.05, 0) is 49.6 Å². The van der Waals surface area contributed by atoms with Crippen molar-refractivity contribution in [3.05, 3.63) is 94.2 Å². The van der Waals surface area contributed by atoms with E-state index in [4.69, 9.17) is 4.74 Å². The number of ether oxygens (including phenoxy) is 1. The normalized spacial score (nSPS) is 12.3. The van der Waals surface area contributed by atoms with Crippen LogP contribution in [0.1, 0.15) is 49.8 Å². The summed E-state index contributed by atoms with van der Waals surface area (Å²) in [5, 5.41) is 10.7. The Balaban J connectivity index is 1.81. The first-order chi connectivity index (χ1) is 18.2. The largest absolute Gasteiger partial charge is 0.492 e. The van der Waals surface area contributed by atoms with Crippen LogP contribution in [0.15, 0.2) is 81.3 Å². The first kappa shape index (κ1) is 27.1. The van der Waals surface area contributed by atoms with Gasteiger partial charge in [-0.3, -0.25) is 9.36 Å². The summed E-state index contributed by atoms with van der Waals surface area (Å²) in [5.74, 6) is 0.0520. The molecule has 0 aliphatic rings. The number of sulfone groups is 1. The molecule has 0 saturated heterocycles. The van der Waals surface area contributed by atoms with E-state index < -0.39 is 32.2 Å². The summed E-state index contributed by atoms with van der Waals surface area (Å²) in [6.45, 7) is 5.67. The fourth-order valence-corrected chi connectivity index (χ4v) is 5.81. The molecular formula is C29H31N3O5S. The summed E-state index contributed by atoms with van der Waals surface area (Å²) in [7, 11) is -2.84. The second-order valence-corrected chi connectivity index (χ2v) is 10.9. The molecule has 2 aromatic heterocycles. The lowest BCUT2D eigenvalue weighted by molar-refractivity contribution is 0.397. The molecule has 38 heavy (non-hydrogen) atoms. The topological polar surface area (TPSA) is 111 Å². The Bertz CT molecular complexity index is 1600. The predicted octanol–water partition coefficient (Wildman–Crippen LogP) is 5.11. The molecule has 1 N–H and O–H groups in total. The van der Waals surface area contributed by atoms with Crippen LogP contribution in [0.25, 0.3) is 11.1 Å². The van der Waals surface area contributed by atoms with Crippen molar-refractivity contribution < 1.29 is 18.3 Å². The molecule has 0 aliphatic heterocycles. The molecule has 0 spiro atoms. The van der Waals surface area contributed by atoms with Gasteiger partial charge in [-0.25, -0.2) is 13.4 Å². The van der Waals surface area contributed by atoms with Crippen LogP contribution >= 0.6 is 0 Å². The van der Waals surface area contributed by atoms with E-state index in [9.17, 15) is 18.3 Å². The van der Waals surface area contributed by atoms with Crippen molar-refractivity contribution in [3.8, 4) is 22.9 Å². The van der Waals surface area contributed by atoms with Crippen LogP contribution in [-0.4, -0.2) is 35.2 Å². The highest BCUT2D eigenvalue weighted by Crippen LogP contribution is 2.30. The molecular weight excluding hydrogens is 502 g/mol. The zero-order valence-electron chi connectivity index (χ0n) is 21.9. The molecule has 0 aliphatic carbocycles. The number of hydrogen-bond donors (Lipinski definition) is 1. The minimum absolute atomic E-state index is 0.116. The minimum Gasteiger partial charge on any atom is -0.492 e. The summed E-state index contributed by atoms with van der Waals surface area (Å²) in [6.07, 6.45) is 2.02. The van der Waals surface area contributed by atoms with Crippen LogP contribution in [0.4, 0.5) is 0 Å². The Labute approximate surface area is 222 Å². The number of methoxy groups -OCH3 is 1. The quantitative estimate of drug-likeness (QED) is 0.318. The highest BCUT2D eigenvalue weighted by molar-refractivity contribution is 7.91. The van der Waals surface area contributed by atoms with Gasteiger partial charge < -0.3 is 9.84 Å². The number of hydrogen-bond acceptors (Lipinski definition) is 7. The van der Waals surface area contributed by atoms with E-state index in [1.54, 1.807) is 18.2 Å². The lowest BCUT2D eigenvalue weighted by Crippen LogP contribution is -2.32. The maximum atomic E-state index is 13.8. The number of unbranched alkanes of at least 4 members (excludes halogenated alkanes) is 1. The fourth-order valence-electron chi connectivity index (χ4n) is 4.46. The van der Waals surface area contributed by atoms with Crippen LogP contribution in [0.3, 0.4) is 0 Å². The molecule has 0 fully saturated rings. The molecule has 4 rings (SSSR count). The molecule has 0 bridgehead atoms. The van der Waals surface area contributed by atoms with Gasteiger partial charge in [0.25, 0.3) is 5.56 Å². The predicted molar refractivity (Wildman–Crippen MR) is 145 cm³/mol. The van der Waals surface area contributed by atoms with Gasteiger partial charge in [0, 0.05) is 23.7 Å². The fraction of sp³-hybridized carbons (Fsp3) is 0.276. The highest BCUT2D eigenvalue weighted by Gasteiger charge is 2.31. The van der Waals surface area contributed by atoms with Crippen molar-refractivity contribution in [2.45, 2.75) is 55.9 Å². The molecule has 8 nitrogen and oxygen atoms in total. The zero-order chi connectivity index (χ0) is 27.4. The summed E-state index contributed by atoms with van der Waals surface area (Å²) in [6, 6.07) is 18.6. The van der Waals surface area contributed by atoms with Crippen LogP contribution < -0.4 is 10.3 Å². The third-order valence-corrected chi connectivity index (χ3v) is 8.35. The van der Waals surface area contributed by atoms with E-state index in [0.717, 1.165) is 35.2 Å². The van der Waals surface area contributed by atoms with E-state index in [-0.39, 0.29) is 4.90 Å². The van der Waals surface area contributed by atoms with Gasteiger partial charge in [0.05, 0.1) is 18.0 Å². The van der Waals surface area contributed by atoms with Gasteiger partial charge in [-0.1, -0.05) is 55.8 Å². The molecule has 198 valence electrons. The second kappa shape index (κ2) is 11.2. The van der Waals surface area contributed by atoms with Crippen molar-refractivity contribution in [3.63, 3.8) is 0 Å². The van der Waals surface area contributed by atoms with Crippen molar-refractivity contribution >= 4 is 9.84 Å². The third-order valence-electron chi connectivity index (χ3n) is 6.57. The minimum atomic E-state index is -4.38. The molecule has 2 aromatic carbocycles. The van der Waals surface area contributed by atoms with Gasteiger partial charge >= 0.3 is 0 Å². The number of nitrogens with zero attached hydrogens (tertiary/aromatic N) is 3. The molecule has 0 unspecified atom stereocenters. The Morgan fingerprint density at radius 2 is 1.68 bits per heavy atom. The molecule has 0 saturated carbocycles. The van der Waals surface area contributed by atoms with E-state index in [1.165, 1.54) is 23.8 Å². The highest BCUT2D eigenvalue weighted by atomic mass is 32.2. The van der Waals surface area contributed by atoms with Gasteiger partial charge in [0.1, 0.15) is 5.82 Å².